The van der Waals surface area contributed by atoms with Gasteiger partial charge in [-0.05, 0) is 36.2 Å². The van der Waals surface area contributed by atoms with Crippen molar-refractivity contribution in [3.05, 3.63) is 56.2 Å². The van der Waals surface area contributed by atoms with Crippen LogP contribution in [-0.4, -0.2) is 12.1 Å². The van der Waals surface area contributed by atoms with Crippen molar-refractivity contribution in [1.29, 1.82) is 0 Å². The molecule has 0 saturated heterocycles. The number of hydrogen-bond acceptors (Lipinski definition) is 4. The lowest BCUT2D eigenvalue weighted by Gasteiger charge is -2.18. The Morgan fingerprint density at radius 3 is 2.76 bits per heavy atom. The van der Waals surface area contributed by atoms with E-state index < -0.39 is 0 Å². The Hall–Kier alpha value is -0.850. The first-order chi connectivity index (χ1) is 10.0. The van der Waals surface area contributed by atoms with Crippen LogP contribution in [0.5, 0.6) is 5.75 Å². The molecule has 2 aromatic rings. The zero-order valence-electron chi connectivity index (χ0n) is 11.2. The maximum absolute atomic E-state index is 6.19. The molecular formula is C14H14BrCl2N3O. The molecule has 0 aliphatic carbocycles. The van der Waals surface area contributed by atoms with Crippen LogP contribution in [-0.2, 0) is 6.42 Å². The summed E-state index contributed by atoms with van der Waals surface area (Å²) in [4.78, 5) is 4.26. The molecule has 7 heteroatoms. The molecule has 0 amide bonds. The van der Waals surface area contributed by atoms with Crippen molar-refractivity contribution in [2.75, 3.05) is 7.11 Å². The Bertz CT molecular complexity index is 640. The minimum absolute atomic E-state index is 0.252. The molecular weight excluding hydrogens is 377 g/mol. The number of pyridine rings is 1. The van der Waals surface area contributed by atoms with Crippen molar-refractivity contribution in [3.8, 4) is 5.75 Å². The molecule has 21 heavy (non-hydrogen) atoms. The monoisotopic (exact) mass is 389 g/mol. The van der Waals surface area contributed by atoms with Crippen LogP contribution >= 0.6 is 39.1 Å². The van der Waals surface area contributed by atoms with Crippen LogP contribution in [0.3, 0.4) is 0 Å². The van der Waals surface area contributed by atoms with Crippen LogP contribution in [0.25, 0.3) is 0 Å². The predicted octanol–water partition coefficient (Wildman–Crippen LogP) is 3.91. The molecule has 112 valence electrons. The van der Waals surface area contributed by atoms with Gasteiger partial charge in [0.05, 0.1) is 28.9 Å². The minimum Gasteiger partial charge on any atom is -0.496 e. The van der Waals surface area contributed by atoms with Gasteiger partial charge < -0.3 is 4.74 Å². The second-order valence-corrected chi connectivity index (χ2v) is 6.16. The topological polar surface area (TPSA) is 60.2 Å². The largest absolute Gasteiger partial charge is 0.496 e. The summed E-state index contributed by atoms with van der Waals surface area (Å²) in [6, 6.07) is 7.18. The molecule has 0 radical (unpaired) electrons. The summed E-state index contributed by atoms with van der Waals surface area (Å²) in [6.07, 6.45) is 2.12. The lowest BCUT2D eigenvalue weighted by atomic mass is 10.0. The summed E-state index contributed by atoms with van der Waals surface area (Å²) in [5, 5.41) is 0.957. The first-order valence-electron chi connectivity index (χ1n) is 6.14. The van der Waals surface area contributed by atoms with E-state index in [0.29, 0.717) is 22.2 Å². The van der Waals surface area contributed by atoms with Crippen molar-refractivity contribution in [1.82, 2.24) is 10.4 Å². The van der Waals surface area contributed by atoms with Crippen LogP contribution in [0.4, 0.5) is 0 Å². The zero-order valence-corrected chi connectivity index (χ0v) is 14.3. The van der Waals surface area contributed by atoms with Crippen molar-refractivity contribution < 1.29 is 4.74 Å². The first kappa shape index (κ1) is 16.5. The molecule has 4 nitrogen and oxygen atoms in total. The van der Waals surface area contributed by atoms with E-state index in [-0.39, 0.29) is 6.04 Å². The lowest BCUT2D eigenvalue weighted by molar-refractivity contribution is 0.405. The third kappa shape index (κ3) is 4.08. The number of hydrogen-bond donors (Lipinski definition) is 2. The van der Waals surface area contributed by atoms with Crippen LogP contribution in [0, 0.1) is 0 Å². The summed E-state index contributed by atoms with van der Waals surface area (Å²) in [7, 11) is 1.63. The van der Waals surface area contributed by atoms with Gasteiger partial charge >= 0.3 is 0 Å². The molecule has 0 bridgehead atoms. The van der Waals surface area contributed by atoms with Crippen LogP contribution in [0.1, 0.15) is 17.3 Å². The molecule has 0 spiro atoms. The fraction of sp³-hybridized carbons (Fsp3) is 0.214. The fourth-order valence-electron chi connectivity index (χ4n) is 2.04. The highest BCUT2D eigenvalue weighted by molar-refractivity contribution is 9.10. The van der Waals surface area contributed by atoms with E-state index in [1.807, 2.05) is 18.2 Å². The number of aromatic nitrogens is 1. The highest BCUT2D eigenvalue weighted by Crippen LogP contribution is 2.30. The third-order valence-corrected chi connectivity index (χ3v) is 4.04. The zero-order chi connectivity index (χ0) is 15.4. The number of nitrogens with one attached hydrogen (secondary N) is 1. The molecule has 1 unspecified atom stereocenters. The normalized spacial score (nSPS) is 12.2. The van der Waals surface area contributed by atoms with Gasteiger partial charge in [0.2, 0.25) is 0 Å². The molecule has 1 heterocycles. The number of ether oxygens (including phenoxy) is 1. The van der Waals surface area contributed by atoms with Gasteiger partial charge in [0.15, 0.2) is 0 Å². The summed E-state index contributed by atoms with van der Waals surface area (Å²) >= 11 is 15.5. The summed E-state index contributed by atoms with van der Waals surface area (Å²) in [6.45, 7) is 0. The maximum atomic E-state index is 6.19. The molecule has 1 aromatic heterocycles. The van der Waals surface area contributed by atoms with Gasteiger partial charge in [-0.3, -0.25) is 16.3 Å². The molecule has 0 aliphatic heterocycles. The number of benzene rings is 1. The molecule has 1 atom stereocenters. The first-order valence-corrected chi connectivity index (χ1v) is 7.69. The maximum Gasteiger partial charge on any atom is 0.122 e. The summed E-state index contributed by atoms with van der Waals surface area (Å²) < 4.78 is 6.33. The van der Waals surface area contributed by atoms with E-state index >= 15 is 0 Å². The van der Waals surface area contributed by atoms with Gasteiger partial charge in [0, 0.05) is 10.7 Å². The van der Waals surface area contributed by atoms with Gasteiger partial charge in [-0.1, -0.05) is 39.1 Å². The van der Waals surface area contributed by atoms with Crippen molar-refractivity contribution in [2.24, 2.45) is 5.84 Å². The van der Waals surface area contributed by atoms with Gasteiger partial charge in [0.25, 0.3) is 0 Å². The van der Waals surface area contributed by atoms with E-state index in [0.717, 1.165) is 15.8 Å². The highest BCUT2D eigenvalue weighted by Gasteiger charge is 2.18. The van der Waals surface area contributed by atoms with Crippen molar-refractivity contribution in [3.63, 3.8) is 0 Å². The fourth-order valence-corrected chi connectivity index (χ4v) is 2.96. The standard InChI is InChI=1S/C14H14BrCl2N3O/c1-21-13-3-2-9(15)4-8(13)5-12(20-18)14-11(17)6-10(16)7-19-14/h2-4,6-7,12,20H,5,18H2,1H3. The summed E-state index contributed by atoms with van der Waals surface area (Å²) in [5.74, 6) is 6.44. The predicted molar refractivity (Wildman–Crippen MR) is 88.7 cm³/mol. The second kappa shape index (κ2) is 7.42. The van der Waals surface area contributed by atoms with Crippen LogP contribution < -0.4 is 16.0 Å². The smallest absolute Gasteiger partial charge is 0.122 e. The average Bonchev–Trinajstić information content (AvgIpc) is 2.45. The SMILES string of the molecule is COc1ccc(Br)cc1CC(NN)c1ncc(Cl)cc1Cl. The van der Waals surface area contributed by atoms with Gasteiger partial charge in [-0.15, -0.1) is 0 Å². The van der Waals surface area contributed by atoms with E-state index in [2.05, 4.69) is 26.3 Å². The third-order valence-electron chi connectivity index (χ3n) is 3.03. The number of methoxy groups -OCH3 is 1. The lowest BCUT2D eigenvalue weighted by Crippen LogP contribution is -2.30. The molecule has 2 rings (SSSR count). The molecule has 0 fully saturated rings. The number of halogens is 3. The Morgan fingerprint density at radius 2 is 2.14 bits per heavy atom. The van der Waals surface area contributed by atoms with E-state index in [1.54, 1.807) is 19.4 Å². The molecule has 3 N–H and O–H groups in total. The van der Waals surface area contributed by atoms with Crippen molar-refractivity contribution >= 4 is 39.1 Å². The van der Waals surface area contributed by atoms with E-state index in [1.165, 1.54) is 0 Å². The minimum atomic E-state index is -0.252. The Morgan fingerprint density at radius 1 is 1.38 bits per heavy atom. The molecule has 0 saturated carbocycles. The van der Waals surface area contributed by atoms with Crippen LogP contribution in [0.2, 0.25) is 10.0 Å². The Kier molecular flexibility index (Phi) is 5.84. The van der Waals surface area contributed by atoms with Crippen molar-refractivity contribution in [2.45, 2.75) is 12.5 Å². The van der Waals surface area contributed by atoms with E-state index in [4.69, 9.17) is 33.8 Å². The number of hydrazine groups is 1. The van der Waals surface area contributed by atoms with E-state index in [9.17, 15) is 0 Å². The second-order valence-electron chi connectivity index (χ2n) is 4.40. The average molecular weight is 391 g/mol. The Labute approximate surface area is 141 Å². The number of nitrogens with zero attached hydrogens (tertiary/aromatic N) is 1. The Balaban J connectivity index is 2.33. The highest BCUT2D eigenvalue weighted by atomic mass is 79.9. The van der Waals surface area contributed by atoms with Gasteiger partial charge in [-0.25, -0.2) is 0 Å². The van der Waals surface area contributed by atoms with Gasteiger partial charge in [-0.2, -0.15) is 0 Å². The van der Waals surface area contributed by atoms with Crippen LogP contribution in [0.15, 0.2) is 34.9 Å². The number of nitrogens with two attached hydrogens (primary N) is 1. The summed E-state index contributed by atoms with van der Waals surface area (Å²) in [5.41, 5.74) is 4.37. The molecule has 1 aromatic carbocycles. The molecule has 0 aliphatic rings. The van der Waals surface area contributed by atoms with Gasteiger partial charge in [0.1, 0.15) is 5.75 Å². The number of rotatable bonds is 5. The quantitative estimate of drug-likeness (QED) is 0.600.